The lowest BCUT2D eigenvalue weighted by molar-refractivity contribution is 1.00. The smallest absolute Gasteiger partial charge is 0.177 e. The maximum atomic E-state index is 4.37. The van der Waals surface area contributed by atoms with Crippen LogP contribution in [0.4, 0.5) is 0 Å². The molecule has 0 N–H and O–H groups in total. The van der Waals surface area contributed by atoms with Gasteiger partial charge in [-0.15, -0.1) is 0 Å². The van der Waals surface area contributed by atoms with Gasteiger partial charge in [0.2, 0.25) is 0 Å². The zero-order chi connectivity index (χ0) is 11.0. The van der Waals surface area contributed by atoms with E-state index in [2.05, 4.69) is 15.0 Å². The summed E-state index contributed by atoms with van der Waals surface area (Å²) in [5.41, 5.74) is 2.84. The molecule has 78 valence electrons. The van der Waals surface area contributed by atoms with Gasteiger partial charge in [-0.05, 0) is 30.7 Å². The first kappa shape index (κ1) is 9.03. The maximum absolute atomic E-state index is 4.37. The van der Waals surface area contributed by atoms with Crippen LogP contribution in [0.1, 0.15) is 5.56 Å². The second-order valence-corrected chi connectivity index (χ2v) is 3.60. The van der Waals surface area contributed by atoms with Crippen LogP contribution in [0.15, 0.2) is 43.0 Å². The summed E-state index contributed by atoms with van der Waals surface area (Å²) in [4.78, 5) is 12.8. The monoisotopic (exact) mass is 210 g/mol. The van der Waals surface area contributed by atoms with Gasteiger partial charge >= 0.3 is 0 Å². The Labute approximate surface area is 92.6 Å². The second-order valence-electron chi connectivity index (χ2n) is 3.60. The van der Waals surface area contributed by atoms with E-state index in [-0.39, 0.29) is 0 Å². The van der Waals surface area contributed by atoms with Crippen LogP contribution in [0.3, 0.4) is 0 Å². The van der Waals surface area contributed by atoms with Crippen LogP contribution in [0.2, 0.25) is 0 Å². The van der Waals surface area contributed by atoms with Crippen molar-refractivity contribution in [3.63, 3.8) is 0 Å². The molecule has 16 heavy (non-hydrogen) atoms. The Balaban J connectivity index is 2.31. The summed E-state index contributed by atoms with van der Waals surface area (Å²) in [5.74, 6) is 0.901. The third-order valence-corrected chi connectivity index (χ3v) is 2.53. The largest absolute Gasteiger partial charge is 0.281 e. The van der Waals surface area contributed by atoms with E-state index in [1.54, 1.807) is 18.7 Å². The predicted octanol–water partition coefficient (Wildman–Crippen LogP) is 2.12. The molecule has 0 fully saturated rings. The minimum absolute atomic E-state index is 0.743. The Bertz CT molecular complexity index is 642. The first-order chi connectivity index (χ1) is 7.86. The summed E-state index contributed by atoms with van der Waals surface area (Å²) in [6.07, 6.45) is 5.28. The highest BCUT2D eigenvalue weighted by molar-refractivity contribution is 5.72. The third-order valence-electron chi connectivity index (χ3n) is 2.53. The van der Waals surface area contributed by atoms with E-state index in [4.69, 9.17) is 0 Å². The molecule has 0 amide bonds. The zero-order valence-electron chi connectivity index (χ0n) is 8.83. The van der Waals surface area contributed by atoms with E-state index in [1.807, 2.05) is 35.8 Å². The van der Waals surface area contributed by atoms with Crippen LogP contribution >= 0.6 is 0 Å². The van der Waals surface area contributed by atoms with E-state index in [9.17, 15) is 0 Å². The molecule has 3 aromatic rings. The Morgan fingerprint density at radius 1 is 1.00 bits per heavy atom. The number of imidazole rings is 1. The van der Waals surface area contributed by atoms with Crippen molar-refractivity contribution in [2.75, 3.05) is 0 Å². The average Bonchev–Trinajstić information content (AvgIpc) is 2.74. The van der Waals surface area contributed by atoms with Crippen molar-refractivity contribution in [2.45, 2.75) is 6.92 Å². The Kier molecular flexibility index (Phi) is 1.93. The van der Waals surface area contributed by atoms with Gasteiger partial charge in [0.1, 0.15) is 12.1 Å². The average molecular weight is 210 g/mol. The summed E-state index contributed by atoms with van der Waals surface area (Å²) in [6.45, 7) is 2.03. The van der Waals surface area contributed by atoms with E-state index >= 15 is 0 Å². The maximum Gasteiger partial charge on any atom is 0.177 e. The molecular weight excluding hydrogens is 200 g/mol. The molecule has 0 bridgehead atoms. The standard InChI is InChI=1S/C12H10N4/c1-9-4-2-7-14-12(9)16-8-15-11-10(16)5-3-6-13-11/h2-8H,1H3. The van der Waals surface area contributed by atoms with Crippen LogP contribution in [-0.4, -0.2) is 19.5 Å². The van der Waals surface area contributed by atoms with Crippen molar-refractivity contribution in [2.24, 2.45) is 0 Å². The topological polar surface area (TPSA) is 43.6 Å². The van der Waals surface area contributed by atoms with Crippen LogP contribution < -0.4 is 0 Å². The molecule has 0 spiro atoms. The van der Waals surface area contributed by atoms with E-state index in [0.29, 0.717) is 0 Å². The lowest BCUT2D eigenvalue weighted by Crippen LogP contribution is -1.98. The number of nitrogens with zero attached hydrogens (tertiary/aromatic N) is 4. The summed E-state index contributed by atoms with van der Waals surface area (Å²) in [6, 6.07) is 7.85. The molecule has 3 rings (SSSR count). The summed E-state index contributed by atoms with van der Waals surface area (Å²) in [7, 11) is 0. The van der Waals surface area contributed by atoms with Crippen molar-refractivity contribution in [3.8, 4) is 5.82 Å². The lowest BCUT2D eigenvalue weighted by Gasteiger charge is -2.05. The van der Waals surface area contributed by atoms with Crippen LogP contribution in [0, 0.1) is 6.92 Å². The summed E-state index contributed by atoms with van der Waals surface area (Å²) >= 11 is 0. The van der Waals surface area contributed by atoms with Crippen molar-refractivity contribution in [1.82, 2.24) is 19.5 Å². The molecule has 4 nitrogen and oxygen atoms in total. The Hall–Kier alpha value is -2.23. The highest BCUT2D eigenvalue weighted by Gasteiger charge is 2.07. The molecule has 3 aromatic heterocycles. The minimum Gasteiger partial charge on any atom is -0.281 e. The number of hydrogen-bond donors (Lipinski definition) is 0. The molecular formula is C12H10N4. The number of aromatic nitrogens is 4. The van der Waals surface area contributed by atoms with E-state index in [0.717, 1.165) is 22.5 Å². The van der Waals surface area contributed by atoms with Gasteiger partial charge in [0.15, 0.2) is 5.65 Å². The molecule has 0 saturated carbocycles. The number of aryl methyl sites for hydroxylation is 1. The molecule has 0 saturated heterocycles. The first-order valence-corrected chi connectivity index (χ1v) is 5.06. The van der Waals surface area contributed by atoms with Crippen LogP contribution in [0.25, 0.3) is 17.0 Å². The van der Waals surface area contributed by atoms with Crippen LogP contribution in [-0.2, 0) is 0 Å². The van der Waals surface area contributed by atoms with Gasteiger partial charge in [-0.25, -0.2) is 15.0 Å². The number of rotatable bonds is 1. The van der Waals surface area contributed by atoms with Gasteiger partial charge in [-0.2, -0.15) is 0 Å². The minimum atomic E-state index is 0.743. The second kappa shape index (κ2) is 3.41. The Morgan fingerprint density at radius 2 is 1.81 bits per heavy atom. The molecule has 0 unspecified atom stereocenters. The number of pyridine rings is 2. The first-order valence-electron chi connectivity index (χ1n) is 5.06. The van der Waals surface area contributed by atoms with Crippen molar-refractivity contribution in [3.05, 3.63) is 48.5 Å². The summed E-state index contributed by atoms with van der Waals surface area (Å²) in [5, 5.41) is 0. The van der Waals surface area contributed by atoms with Gasteiger partial charge in [-0.1, -0.05) is 6.07 Å². The fraction of sp³-hybridized carbons (Fsp3) is 0.0833. The zero-order valence-corrected chi connectivity index (χ0v) is 8.83. The van der Waals surface area contributed by atoms with E-state index in [1.165, 1.54) is 0 Å². The molecule has 0 aromatic carbocycles. The highest BCUT2D eigenvalue weighted by Crippen LogP contribution is 2.16. The van der Waals surface area contributed by atoms with E-state index < -0.39 is 0 Å². The van der Waals surface area contributed by atoms with Crippen molar-refractivity contribution < 1.29 is 0 Å². The van der Waals surface area contributed by atoms with Gasteiger partial charge < -0.3 is 0 Å². The third kappa shape index (κ3) is 1.27. The molecule has 0 atom stereocenters. The molecule has 0 radical (unpaired) electrons. The molecule has 3 heterocycles. The fourth-order valence-electron chi connectivity index (χ4n) is 1.75. The SMILES string of the molecule is Cc1cccnc1-n1cnc2ncccc21. The predicted molar refractivity (Wildman–Crippen MR) is 61.4 cm³/mol. The molecule has 0 aliphatic rings. The fourth-order valence-corrected chi connectivity index (χ4v) is 1.75. The normalized spacial score (nSPS) is 10.8. The highest BCUT2D eigenvalue weighted by atomic mass is 15.1. The molecule has 0 aliphatic carbocycles. The van der Waals surface area contributed by atoms with Gasteiger partial charge in [0.25, 0.3) is 0 Å². The molecule has 4 heteroatoms. The Morgan fingerprint density at radius 3 is 2.69 bits per heavy atom. The summed E-state index contributed by atoms with van der Waals surface area (Å²) < 4.78 is 1.96. The van der Waals surface area contributed by atoms with Gasteiger partial charge in [0, 0.05) is 12.4 Å². The number of fused-ring (bicyclic) bond motifs is 1. The lowest BCUT2D eigenvalue weighted by atomic mass is 10.3. The van der Waals surface area contributed by atoms with Gasteiger partial charge in [-0.3, -0.25) is 4.57 Å². The van der Waals surface area contributed by atoms with Gasteiger partial charge in [0.05, 0.1) is 5.52 Å². The number of hydrogen-bond acceptors (Lipinski definition) is 3. The van der Waals surface area contributed by atoms with Crippen molar-refractivity contribution in [1.29, 1.82) is 0 Å². The van der Waals surface area contributed by atoms with Crippen LogP contribution in [0.5, 0.6) is 0 Å². The van der Waals surface area contributed by atoms with Crippen molar-refractivity contribution >= 4 is 11.2 Å². The quantitative estimate of drug-likeness (QED) is 0.618. The molecule has 0 aliphatic heterocycles.